The Morgan fingerprint density at radius 2 is 1.64 bits per heavy atom. The minimum atomic E-state index is -4.43. The molecule has 42 heavy (non-hydrogen) atoms. The maximum absolute atomic E-state index is 13.4. The molecule has 1 amide bonds. The fraction of sp³-hybridized carbons (Fsp3) is 0.188. The van der Waals surface area contributed by atoms with Gasteiger partial charge in [0.15, 0.2) is 0 Å². The molecule has 0 aliphatic rings. The quantitative estimate of drug-likeness (QED) is 0.163. The Morgan fingerprint density at radius 1 is 0.881 bits per heavy atom. The maximum Gasteiger partial charge on any atom is 0.416 e. The zero-order valence-corrected chi connectivity index (χ0v) is 23.3. The Kier molecular flexibility index (Phi) is 9.35. The fourth-order valence-electron chi connectivity index (χ4n) is 4.31. The van der Waals surface area contributed by atoms with Crippen LogP contribution < -0.4 is 10.1 Å². The predicted molar refractivity (Wildman–Crippen MR) is 154 cm³/mol. The molecule has 0 unspecified atom stereocenters. The summed E-state index contributed by atoms with van der Waals surface area (Å²) in [6.45, 7) is 1.75. The van der Waals surface area contributed by atoms with Crippen molar-refractivity contribution >= 4 is 17.2 Å². The van der Waals surface area contributed by atoms with Gasteiger partial charge in [0.05, 0.1) is 24.9 Å². The first-order valence-corrected chi connectivity index (χ1v) is 14.1. The van der Waals surface area contributed by atoms with E-state index in [2.05, 4.69) is 10.3 Å². The Balaban J connectivity index is 1.27. The van der Waals surface area contributed by atoms with Crippen LogP contribution in [0.2, 0.25) is 0 Å². The number of thiazole rings is 1. The summed E-state index contributed by atoms with van der Waals surface area (Å²) in [6.07, 6.45) is -2.89. The molecule has 216 valence electrons. The van der Waals surface area contributed by atoms with Crippen molar-refractivity contribution in [2.24, 2.45) is 0 Å². The molecule has 0 fully saturated rings. The number of carbonyl (C=O) groups is 1. The van der Waals surface area contributed by atoms with Gasteiger partial charge in [-0.05, 0) is 47.0 Å². The van der Waals surface area contributed by atoms with Gasteiger partial charge in [-0.3, -0.25) is 9.69 Å². The van der Waals surface area contributed by atoms with Crippen molar-refractivity contribution in [3.05, 3.63) is 141 Å². The van der Waals surface area contributed by atoms with Gasteiger partial charge in [-0.25, -0.2) is 4.98 Å². The molecule has 0 saturated carbocycles. The van der Waals surface area contributed by atoms with Crippen LogP contribution in [0.15, 0.2) is 107 Å². The van der Waals surface area contributed by atoms with Gasteiger partial charge in [-0.15, -0.1) is 11.3 Å². The molecule has 0 aliphatic carbocycles. The Morgan fingerprint density at radius 3 is 2.38 bits per heavy atom. The van der Waals surface area contributed by atoms with Crippen LogP contribution in [-0.4, -0.2) is 15.8 Å². The summed E-state index contributed by atoms with van der Waals surface area (Å²) in [5, 5.41) is 5.12. The lowest BCUT2D eigenvalue weighted by atomic mass is 10.1. The number of amides is 1. The third kappa shape index (κ3) is 8.31. The molecule has 2 aromatic heterocycles. The van der Waals surface area contributed by atoms with Crippen LogP contribution in [0.4, 0.5) is 13.2 Å². The number of ether oxygens (including phenoxy) is 1. The largest absolute Gasteiger partial charge is 0.489 e. The number of alkyl halides is 3. The highest BCUT2D eigenvalue weighted by Crippen LogP contribution is 2.30. The van der Waals surface area contributed by atoms with Crippen LogP contribution in [0.25, 0.3) is 0 Å². The van der Waals surface area contributed by atoms with Gasteiger partial charge in [-0.2, -0.15) is 13.2 Å². The number of rotatable bonds is 12. The molecule has 0 aliphatic heterocycles. The van der Waals surface area contributed by atoms with E-state index < -0.39 is 11.7 Å². The summed E-state index contributed by atoms with van der Waals surface area (Å²) < 4.78 is 51.2. The van der Waals surface area contributed by atoms with Gasteiger partial charge in [0.25, 0.3) is 5.91 Å². The second-order valence-electron chi connectivity index (χ2n) is 9.65. The SMILES string of the molecule is O=C(NCc1ccco1)c1csc(CN(Cc2ccc(OCc3ccccc3)cc2)Cc2cccc(C(F)(F)F)c2)n1. The molecule has 3 aromatic carbocycles. The zero-order chi connectivity index (χ0) is 29.4. The van der Waals surface area contributed by atoms with Gasteiger partial charge in [0, 0.05) is 18.5 Å². The summed E-state index contributed by atoms with van der Waals surface area (Å²) in [4.78, 5) is 19.1. The number of carbonyl (C=O) groups excluding carboxylic acids is 1. The Labute approximate surface area is 245 Å². The second-order valence-corrected chi connectivity index (χ2v) is 10.6. The minimum absolute atomic E-state index is 0.241. The highest BCUT2D eigenvalue weighted by Gasteiger charge is 2.30. The third-order valence-corrected chi connectivity index (χ3v) is 7.22. The zero-order valence-electron chi connectivity index (χ0n) is 22.5. The number of nitrogens with one attached hydrogen (secondary N) is 1. The van der Waals surface area contributed by atoms with E-state index in [4.69, 9.17) is 9.15 Å². The molecule has 5 rings (SSSR count). The third-order valence-electron chi connectivity index (χ3n) is 6.38. The van der Waals surface area contributed by atoms with Crippen molar-refractivity contribution in [1.29, 1.82) is 0 Å². The summed E-state index contributed by atoms with van der Waals surface area (Å²) >= 11 is 1.33. The van der Waals surface area contributed by atoms with Crippen molar-refractivity contribution < 1.29 is 27.1 Å². The molecule has 0 bridgehead atoms. The van der Waals surface area contributed by atoms with Gasteiger partial charge >= 0.3 is 6.18 Å². The summed E-state index contributed by atoms with van der Waals surface area (Å²) in [7, 11) is 0. The van der Waals surface area contributed by atoms with Gasteiger partial charge in [0.2, 0.25) is 0 Å². The topological polar surface area (TPSA) is 67.6 Å². The van der Waals surface area contributed by atoms with E-state index in [0.717, 1.165) is 22.9 Å². The van der Waals surface area contributed by atoms with E-state index in [-0.39, 0.29) is 24.7 Å². The minimum Gasteiger partial charge on any atom is -0.489 e. The standard InChI is InChI=1S/C32H28F3N3O3S/c33-32(34,35)26-9-4-8-25(16-26)19-38(18-23-11-13-27(14-12-23)41-21-24-6-2-1-3-7-24)20-30-37-29(22-42-30)31(39)36-17-28-10-5-15-40-28/h1-16,22H,17-21H2,(H,36,39). The first kappa shape index (κ1) is 29.1. The van der Waals surface area contributed by atoms with Gasteiger partial charge < -0.3 is 14.5 Å². The van der Waals surface area contributed by atoms with Crippen molar-refractivity contribution in [2.75, 3.05) is 0 Å². The number of aromatic nitrogens is 1. The number of hydrogen-bond acceptors (Lipinski definition) is 6. The van der Waals surface area contributed by atoms with E-state index in [1.807, 2.05) is 59.5 Å². The first-order chi connectivity index (χ1) is 20.3. The van der Waals surface area contributed by atoms with Crippen molar-refractivity contribution in [3.63, 3.8) is 0 Å². The van der Waals surface area contributed by atoms with Crippen LogP contribution >= 0.6 is 11.3 Å². The van der Waals surface area contributed by atoms with Crippen molar-refractivity contribution in [1.82, 2.24) is 15.2 Å². The van der Waals surface area contributed by atoms with Crippen molar-refractivity contribution in [3.8, 4) is 5.75 Å². The normalized spacial score (nSPS) is 11.5. The van der Waals surface area contributed by atoms with E-state index in [9.17, 15) is 18.0 Å². The van der Waals surface area contributed by atoms with Crippen LogP contribution in [-0.2, 0) is 39.0 Å². The molecule has 0 spiro atoms. The van der Waals surface area contributed by atoms with Crippen LogP contribution in [0, 0.1) is 0 Å². The number of hydrogen-bond donors (Lipinski definition) is 1. The summed E-state index contributed by atoms with van der Waals surface area (Å²) in [5.41, 5.74) is 2.14. The predicted octanol–water partition coefficient (Wildman–Crippen LogP) is 7.47. The molecule has 0 atom stereocenters. The van der Waals surface area contributed by atoms with Crippen molar-refractivity contribution in [2.45, 2.75) is 39.0 Å². The van der Waals surface area contributed by atoms with Gasteiger partial charge in [0.1, 0.15) is 28.8 Å². The number of nitrogens with zero attached hydrogens (tertiary/aromatic N) is 2. The molecule has 0 radical (unpaired) electrons. The molecule has 2 heterocycles. The highest BCUT2D eigenvalue weighted by atomic mass is 32.1. The summed E-state index contributed by atoms with van der Waals surface area (Å²) in [5.74, 6) is 1.02. The highest BCUT2D eigenvalue weighted by molar-refractivity contribution is 7.09. The maximum atomic E-state index is 13.4. The van der Waals surface area contributed by atoms with E-state index in [0.29, 0.717) is 36.0 Å². The van der Waals surface area contributed by atoms with Gasteiger partial charge in [-0.1, -0.05) is 60.7 Å². The van der Waals surface area contributed by atoms with E-state index >= 15 is 0 Å². The fourth-order valence-corrected chi connectivity index (χ4v) is 5.13. The number of halogens is 3. The number of furan rings is 1. The second kappa shape index (κ2) is 13.5. The summed E-state index contributed by atoms with van der Waals surface area (Å²) in [6, 6.07) is 26.3. The number of benzene rings is 3. The lowest BCUT2D eigenvalue weighted by molar-refractivity contribution is -0.137. The average molecular weight is 592 g/mol. The molecule has 6 nitrogen and oxygen atoms in total. The molecular formula is C32H28F3N3O3S. The molecule has 1 N–H and O–H groups in total. The lowest BCUT2D eigenvalue weighted by Gasteiger charge is -2.22. The van der Waals surface area contributed by atoms with E-state index in [1.165, 1.54) is 29.7 Å². The Bertz CT molecular complexity index is 1570. The van der Waals surface area contributed by atoms with Crippen LogP contribution in [0.3, 0.4) is 0 Å². The first-order valence-electron chi connectivity index (χ1n) is 13.2. The molecule has 0 saturated heterocycles. The smallest absolute Gasteiger partial charge is 0.416 e. The van der Waals surface area contributed by atoms with Crippen LogP contribution in [0.5, 0.6) is 5.75 Å². The molecule has 10 heteroatoms. The molecule has 5 aromatic rings. The van der Waals surface area contributed by atoms with E-state index in [1.54, 1.807) is 23.6 Å². The monoisotopic (exact) mass is 591 g/mol. The van der Waals surface area contributed by atoms with Crippen LogP contribution in [0.1, 0.15) is 43.5 Å². The average Bonchev–Trinajstić information content (AvgIpc) is 3.69. The molecular weight excluding hydrogens is 563 g/mol. The Hall–Kier alpha value is -4.41. The lowest BCUT2D eigenvalue weighted by Crippen LogP contribution is -2.24.